The van der Waals surface area contributed by atoms with Crippen LogP contribution in [0.25, 0.3) is 78.5 Å². The van der Waals surface area contributed by atoms with E-state index in [0.29, 0.717) is 17.5 Å². The second-order valence-corrected chi connectivity index (χ2v) is 12.3. The fourth-order valence-corrected chi connectivity index (χ4v) is 7.15. The van der Waals surface area contributed by atoms with E-state index in [0.717, 1.165) is 85.0 Å². The Hall–Kier alpha value is -6.27. The summed E-state index contributed by atoms with van der Waals surface area (Å²) >= 11 is 0. The molecule has 1 aliphatic heterocycles. The van der Waals surface area contributed by atoms with Gasteiger partial charge in [-0.15, -0.1) is 0 Å². The summed E-state index contributed by atoms with van der Waals surface area (Å²) in [4.78, 5) is 15.3. The molecule has 228 valence electrons. The van der Waals surface area contributed by atoms with Gasteiger partial charge in [-0.1, -0.05) is 103 Å². The van der Waals surface area contributed by atoms with Crippen LogP contribution in [-0.4, -0.2) is 21.0 Å². The van der Waals surface area contributed by atoms with Gasteiger partial charge in [-0.3, -0.25) is 0 Å². The van der Waals surface area contributed by atoms with E-state index in [2.05, 4.69) is 84.3 Å². The highest BCUT2D eigenvalue weighted by Crippen LogP contribution is 2.47. The quantitative estimate of drug-likeness (QED) is 0.211. The minimum absolute atomic E-state index is 0.0379. The molecule has 1 N–H and O–H groups in total. The van der Waals surface area contributed by atoms with Crippen LogP contribution in [0.4, 0.5) is 5.88 Å². The van der Waals surface area contributed by atoms with Crippen LogP contribution < -0.4 is 5.32 Å². The van der Waals surface area contributed by atoms with Crippen molar-refractivity contribution in [3.8, 4) is 33.9 Å². The molecule has 3 aliphatic rings. The third-order valence-electron chi connectivity index (χ3n) is 9.44. The average molecular weight is 621 g/mol. The summed E-state index contributed by atoms with van der Waals surface area (Å²) in [5, 5.41) is 6.74. The first kappa shape index (κ1) is 26.9. The van der Waals surface area contributed by atoms with Gasteiger partial charge in [0.25, 0.3) is 0 Å². The number of fused-ring (bicyclic) bond motifs is 7. The molecule has 0 amide bonds. The molecular formula is C42H28N4O2. The molecule has 0 saturated carbocycles. The maximum atomic E-state index is 6.85. The van der Waals surface area contributed by atoms with E-state index < -0.39 is 0 Å². The summed E-state index contributed by atoms with van der Waals surface area (Å²) < 4.78 is 13.1. The van der Waals surface area contributed by atoms with Crippen molar-refractivity contribution >= 4 is 50.4 Å². The van der Waals surface area contributed by atoms with Gasteiger partial charge >= 0.3 is 0 Å². The smallest absolute Gasteiger partial charge is 0.202 e. The number of allylic oxidation sites excluding steroid dienone is 6. The lowest BCUT2D eigenvalue weighted by atomic mass is 9.92. The third-order valence-corrected chi connectivity index (χ3v) is 9.44. The molecule has 1 atom stereocenters. The Morgan fingerprint density at radius 1 is 0.667 bits per heavy atom. The number of furan rings is 2. The molecule has 0 radical (unpaired) electrons. The van der Waals surface area contributed by atoms with Crippen LogP contribution in [0, 0.1) is 0 Å². The van der Waals surface area contributed by atoms with Crippen molar-refractivity contribution in [3.05, 3.63) is 144 Å². The summed E-state index contributed by atoms with van der Waals surface area (Å²) in [5.74, 6) is 2.69. The summed E-state index contributed by atoms with van der Waals surface area (Å²) in [6.45, 7) is 0. The average Bonchev–Trinajstić information content (AvgIpc) is 3.72. The molecule has 4 aromatic carbocycles. The molecule has 10 rings (SSSR count). The third kappa shape index (κ3) is 4.23. The van der Waals surface area contributed by atoms with Crippen molar-refractivity contribution in [1.29, 1.82) is 0 Å². The molecule has 7 aromatic rings. The number of nitrogens with one attached hydrogen (secondary N) is 1. The van der Waals surface area contributed by atoms with Gasteiger partial charge in [0.1, 0.15) is 16.7 Å². The Morgan fingerprint density at radius 3 is 2.42 bits per heavy atom. The molecular weight excluding hydrogens is 592 g/mol. The van der Waals surface area contributed by atoms with Gasteiger partial charge in [-0.2, -0.15) is 0 Å². The summed E-state index contributed by atoms with van der Waals surface area (Å²) in [7, 11) is 0. The number of benzene rings is 4. The zero-order valence-corrected chi connectivity index (χ0v) is 25.9. The normalized spacial score (nSPS) is 16.5. The monoisotopic (exact) mass is 620 g/mol. The Balaban J connectivity index is 1.27. The lowest BCUT2D eigenvalue weighted by molar-refractivity contribution is 0.623. The fourth-order valence-electron chi connectivity index (χ4n) is 7.15. The fraction of sp³-hybridized carbons (Fsp3) is 0.0714. The number of aromatic nitrogens is 3. The van der Waals surface area contributed by atoms with Crippen LogP contribution >= 0.6 is 0 Å². The Morgan fingerprint density at radius 2 is 1.50 bits per heavy atom. The highest BCUT2D eigenvalue weighted by Gasteiger charge is 2.29. The molecule has 0 bridgehead atoms. The molecule has 4 heterocycles. The SMILES string of the molecule is C1=CCCC(c2nc(-c3ccccc3)nc(-c3ccc(-c4cccc5oc6ccccc6c45)c4oc5c(c34)C=C3C=CC=CC3N5)n2)=C1. The van der Waals surface area contributed by atoms with Crippen molar-refractivity contribution in [2.24, 2.45) is 0 Å². The topological polar surface area (TPSA) is 77.0 Å². The number of para-hydroxylation sites is 1. The van der Waals surface area contributed by atoms with E-state index in [1.54, 1.807) is 0 Å². The predicted molar refractivity (Wildman–Crippen MR) is 193 cm³/mol. The van der Waals surface area contributed by atoms with Gasteiger partial charge in [0, 0.05) is 38.4 Å². The maximum absolute atomic E-state index is 6.85. The lowest BCUT2D eigenvalue weighted by Gasteiger charge is -2.22. The first-order chi connectivity index (χ1) is 23.8. The van der Waals surface area contributed by atoms with Crippen molar-refractivity contribution in [2.45, 2.75) is 18.9 Å². The minimum atomic E-state index is 0.0379. The predicted octanol–water partition coefficient (Wildman–Crippen LogP) is 10.6. The molecule has 0 fully saturated rings. The van der Waals surface area contributed by atoms with Crippen LogP contribution in [0.1, 0.15) is 24.2 Å². The molecule has 1 unspecified atom stereocenters. The van der Waals surface area contributed by atoms with Crippen LogP contribution in [0.15, 0.2) is 142 Å². The lowest BCUT2D eigenvalue weighted by Crippen LogP contribution is -2.22. The van der Waals surface area contributed by atoms with E-state index in [-0.39, 0.29) is 6.04 Å². The van der Waals surface area contributed by atoms with Crippen molar-refractivity contribution in [3.63, 3.8) is 0 Å². The molecule has 2 aliphatic carbocycles. The number of anilines is 1. The van der Waals surface area contributed by atoms with Gasteiger partial charge in [-0.05, 0) is 59.9 Å². The Bertz CT molecular complexity index is 2600. The first-order valence-corrected chi connectivity index (χ1v) is 16.3. The van der Waals surface area contributed by atoms with Crippen LogP contribution in [-0.2, 0) is 0 Å². The summed E-state index contributed by atoms with van der Waals surface area (Å²) in [5.41, 5.74) is 9.60. The van der Waals surface area contributed by atoms with Crippen LogP contribution in [0.3, 0.4) is 0 Å². The summed E-state index contributed by atoms with van der Waals surface area (Å²) in [6, 6.07) is 28.9. The van der Waals surface area contributed by atoms with E-state index in [1.807, 2.05) is 54.6 Å². The largest absolute Gasteiger partial charge is 0.456 e. The van der Waals surface area contributed by atoms with Gasteiger partial charge in [0.15, 0.2) is 17.5 Å². The number of nitrogens with zero attached hydrogens (tertiary/aromatic N) is 3. The van der Waals surface area contributed by atoms with E-state index in [4.69, 9.17) is 23.8 Å². The molecule has 6 heteroatoms. The Labute approximate surface area is 276 Å². The van der Waals surface area contributed by atoms with Crippen LogP contribution in [0.2, 0.25) is 0 Å². The number of rotatable bonds is 4. The molecule has 6 nitrogen and oxygen atoms in total. The van der Waals surface area contributed by atoms with Crippen molar-refractivity contribution < 1.29 is 8.83 Å². The first-order valence-electron chi connectivity index (χ1n) is 16.3. The van der Waals surface area contributed by atoms with Gasteiger partial charge in [-0.25, -0.2) is 15.0 Å². The maximum Gasteiger partial charge on any atom is 0.202 e. The van der Waals surface area contributed by atoms with Gasteiger partial charge < -0.3 is 14.2 Å². The standard InChI is InChI=1S/C42H28N4O2/c1-3-12-25(13-4-1)39-44-40(26-14-5-2-6-15-26)46-41(45-39)31-23-22-29(28-18-11-21-35-36(28)30-17-8-10-20-34(30)47-35)38-37(31)32-24-27-16-7-9-19-33(27)43-42(32)48-38/h1-5,7-14,16-24,33,43H,6,15H2. The zero-order valence-electron chi connectivity index (χ0n) is 25.9. The van der Waals surface area contributed by atoms with Crippen molar-refractivity contribution in [1.82, 2.24) is 15.0 Å². The molecule has 0 saturated heterocycles. The van der Waals surface area contributed by atoms with E-state index >= 15 is 0 Å². The molecule has 0 spiro atoms. The van der Waals surface area contributed by atoms with Gasteiger partial charge in [0.2, 0.25) is 5.88 Å². The highest BCUT2D eigenvalue weighted by atomic mass is 16.4. The second-order valence-electron chi connectivity index (χ2n) is 12.3. The van der Waals surface area contributed by atoms with Crippen molar-refractivity contribution in [2.75, 3.05) is 5.32 Å². The van der Waals surface area contributed by atoms with E-state index in [1.165, 1.54) is 5.57 Å². The van der Waals surface area contributed by atoms with E-state index in [9.17, 15) is 0 Å². The highest BCUT2D eigenvalue weighted by molar-refractivity contribution is 6.17. The molecule has 3 aromatic heterocycles. The number of hydrogen-bond donors (Lipinski definition) is 1. The second kappa shape index (κ2) is 10.6. The summed E-state index contributed by atoms with van der Waals surface area (Å²) in [6.07, 6.45) is 18.9. The Kier molecular flexibility index (Phi) is 5.96. The number of hydrogen-bond acceptors (Lipinski definition) is 6. The zero-order chi connectivity index (χ0) is 31.6. The minimum Gasteiger partial charge on any atom is -0.456 e. The molecule has 48 heavy (non-hydrogen) atoms. The van der Waals surface area contributed by atoms with Gasteiger partial charge in [0.05, 0.1) is 6.04 Å². The van der Waals surface area contributed by atoms with Crippen LogP contribution in [0.5, 0.6) is 0 Å².